The Morgan fingerprint density at radius 3 is 2.50 bits per heavy atom. The monoisotopic (exact) mass is 213 g/mol. The smallest absolute Gasteiger partial charge is 0.335 e. The number of carbonyl (C=O) groups is 1. The zero-order valence-electron chi connectivity index (χ0n) is 8.38. The lowest BCUT2D eigenvalue weighted by Gasteiger charge is -2.13. The van der Waals surface area contributed by atoms with E-state index >= 15 is 0 Å². The van der Waals surface area contributed by atoms with Gasteiger partial charge in [0.05, 0.1) is 5.56 Å². The zero-order valence-corrected chi connectivity index (χ0v) is 8.38. The molecule has 0 spiro atoms. The van der Waals surface area contributed by atoms with Gasteiger partial charge in [0, 0.05) is 0 Å². The summed E-state index contributed by atoms with van der Waals surface area (Å²) in [4.78, 5) is 10.8. The first-order valence-corrected chi connectivity index (χ1v) is 4.78. The Morgan fingerprint density at radius 2 is 1.81 bits per heavy atom. The average molecular weight is 213 g/mol. The minimum absolute atomic E-state index is 0.106. The lowest BCUT2D eigenvalue weighted by atomic mass is 10.0. The molecule has 0 atom stereocenters. The van der Waals surface area contributed by atoms with Gasteiger partial charge in [0.2, 0.25) is 0 Å². The van der Waals surface area contributed by atoms with E-state index in [1.165, 1.54) is 18.2 Å². The SMILES string of the molecule is O=C(O)c1cccc(-c2ccccc2[O-])c1. The summed E-state index contributed by atoms with van der Waals surface area (Å²) in [5.74, 6) is -1.10. The molecule has 0 aliphatic carbocycles. The Kier molecular flexibility index (Phi) is 2.60. The van der Waals surface area contributed by atoms with E-state index in [0.717, 1.165) is 0 Å². The summed E-state index contributed by atoms with van der Waals surface area (Å²) < 4.78 is 0. The molecule has 0 bridgehead atoms. The summed E-state index contributed by atoms with van der Waals surface area (Å²) >= 11 is 0. The Labute approximate surface area is 92.6 Å². The maximum absolute atomic E-state index is 11.6. The number of carboxylic acids is 1. The average Bonchev–Trinajstić information content (AvgIpc) is 2.30. The van der Waals surface area contributed by atoms with Crippen LogP contribution in [0.4, 0.5) is 0 Å². The zero-order chi connectivity index (χ0) is 11.5. The number of hydrogen-bond donors (Lipinski definition) is 1. The molecule has 2 rings (SSSR count). The molecule has 0 heterocycles. The number of aromatic carboxylic acids is 1. The van der Waals surface area contributed by atoms with Crippen molar-refractivity contribution in [1.29, 1.82) is 0 Å². The topological polar surface area (TPSA) is 60.4 Å². The number of hydrogen-bond acceptors (Lipinski definition) is 2. The van der Waals surface area contributed by atoms with Crippen LogP contribution >= 0.6 is 0 Å². The second kappa shape index (κ2) is 4.06. The molecule has 3 nitrogen and oxygen atoms in total. The molecule has 2 aromatic rings. The van der Waals surface area contributed by atoms with Crippen molar-refractivity contribution >= 4 is 5.97 Å². The van der Waals surface area contributed by atoms with Crippen molar-refractivity contribution in [2.45, 2.75) is 0 Å². The molecule has 0 amide bonds. The van der Waals surface area contributed by atoms with Gasteiger partial charge in [-0.2, -0.15) is 0 Å². The van der Waals surface area contributed by atoms with Crippen molar-refractivity contribution in [3.05, 3.63) is 54.1 Å². The van der Waals surface area contributed by atoms with Crippen molar-refractivity contribution in [3.8, 4) is 16.9 Å². The fourth-order valence-corrected chi connectivity index (χ4v) is 1.52. The van der Waals surface area contributed by atoms with E-state index in [0.29, 0.717) is 11.1 Å². The fourth-order valence-electron chi connectivity index (χ4n) is 1.52. The number of para-hydroxylation sites is 1. The van der Waals surface area contributed by atoms with Gasteiger partial charge in [0.25, 0.3) is 0 Å². The summed E-state index contributed by atoms with van der Waals surface area (Å²) in [5.41, 5.74) is 1.33. The maximum atomic E-state index is 11.6. The van der Waals surface area contributed by atoms with Gasteiger partial charge in [-0.15, -0.1) is 5.75 Å². The van der Waals surface area contributed by atoms with E-state index in [2.05, 4.69) is 0 Å². The molecule has 0 fully saturated rings. The van der Waals surface area contributed by atoms with Crippen LogP contribution in [0.3, 0.4) is 0 Å². The highest BCUT2D eigenvalue weighted by atomic mass is 16.4. The third-order valence-electron chi connectivity index (χ3n) is 2.31. The molecule has 0 saturated carbocycles. The van der Waals surface area contributed by atoms with Gasteiger partial charge >= 0.3 is 5.97 Å². The lowest BCUT2D eigenvalue weighted by Crippen LogP contribution is -1.97. The van der Waals surface area contributed by atoms with Crippen LogP contribution in [0.15, 0.2) is 48.5 Å². The van der Waals surface area contributed by atoms with Gasteiger partial charge in [-0.3, -0.25) is 0 Å². The summed E-state index contributed by atoms with van der Waals surface area (Å²) in [6, 6.07) is 12.9. The van der Waals surface area contributed by atoms with Crippen molar-refractivity contribution in [2.75, 3.05) is 0 Å². The molecule has 0 saturated heterocycles. The van der Waals surface area contributed by atoms with Crippen LogP contribution in [-0.2, 0) is 0 Å². The second-order valence-electron chi connectivity index (χ2n) is 3.38. The molecular weight excluding hydrogens is 204 g/mol. The molecule has 1 N–H and O–H groups in total. The number of rotatable bonds is 2. The Balaban J connectivity index is 2.53. The third-order valence-corrected chi connectivity index (χ3v) is 2.31. The summed E-state index contributed by atoms with van der Waals surface area (Å²) in [5, 5.41) is 20.4. The highest BCUT2D eigenvalue weighted by molar-refractivity contribution is 5.89. The third kappa shape index (κ3) is 1.88. The van der Waals surface area contributed by atoms with E-state index in [-0.39, 0.29) is 11.3 Å². The maximum Gasteiger partial charge on any atom is 0.335 e. The highest BCUT2D eigenvalue weighted by Crippen LogP contribution is 2.26. The second-order valence-corrected chi connectivity index (χ2v) is 3.38. The van der Waals surface area contributed by atoms with E-state index < -0.39 is 5.97 Å². The summed E-state index contributed by atoms with van der Waals surface area (Å²) in [6.45, 7) is 0. The van der Waals surface area contributed by atoms with Crippen molar-refractivity contribution < 1.29 is 15.0 Å². The van der Waals surface area contributed by atoms with E-state index in [1.807, 2.05) is 0 Å². The van der Waals surface area contributed by atoms with Gasteiger partial charge in [-0.05, 0) is 23.3 Å². The molecule has 2 aromatic carbocycles. The van der Waals surface area contributed by atoms with Crippen LogP contribution < -0.4 is 5.11 Å². The predicted octanol–water partition coefficient (Wildman–Crippen LogP) is 2.13. The molecule has 3 heteroatoms. The minimum Gasteiger partial charge on any atom is -0.872 e. The Hall–Kier alpha value is -2.29. The quantitative estimate of drug-likeness (QED) is 0.831. The summed E-state index contributed by atoms with van der Waals surface area (Å²) in [6.07, 6.45) is 0. The first-order chi connectivity index (χ1) is 7.68. The molecule has 0 radical (unpaired) electrons. The van der Waals surface area contributed by atoms with Gasteiger partial charge in [-0.25, -0.2) is 4.79 Å². The van der Waals surface area contributed by atoms with Gasteiger partial charge in [-0.1, -0.05) is 36.4 Å². The van der Waals surface area contributed by atoms with Gasteiger partial charge < -0.3 is 10.2 Å². The Bertz CT molecular complexity index is 532. The molecule has 0 aromatic heterocycles. The molecule has 16 heavy (non-hydrogen) atoms. The van der Waals surface area contributed by atoms with Gasteiger partial charge in [0.15, 0.2) is 0 Å². The predicted molar refractivity (Wildman–Crippen MR) is 58.3 cm³/mol. The van der Waals surface area contributed by atoms with Crippen LogP contribution in [0.5, 0.6) is 5.75 Å². The van der Waals surface area contributed by atoms with E-state index in [9.17, 15) is 9.90 Å². The van der Waals surface area contributed by atoms with Crippen molar-refractivity contribution in [2.24, 2.45) is 0 Å². The van der Waals surface area contributed by atoms with E-state index in [1.54, 1.807) is 30.3 Å². The standard InChI is InChI=1S/C13H10O3/c14-12-7-2-1-6-11(12)9-4-3-5-10(8-9)13(15)16/h1-8,14H,(H,15,16)/p-1. The molecule has 80 valence electrons. The highest BCUT2D eigenvalue weighted by Gasteiger charge is 2.04. The van der Waals surface area contributed by atoms with Crippen LogP contribution in [0, 0.1) is 0 Å². The number of carboxylic acid groups (broad SMARTS) is 1. The molecule has 0 unspecified atom stereocenters. The van der Waals surface area contributed by atoms with Crippen LogP contribution in [0.2, 0.25) is 0 Å². The lowest BCUT2D eigenvalue weighted by molar-refractivity contribution is -0.267. The van der Waals surface area contributed by atoms with Crippen LogP contribution in [0.1, 0.15) is 10.4 Å². The van der Waals surface area contributed by atoms with Crippen molar-refractivity contribution in [3.63, 3.8) is 0 Å². The van der Waals surface area contributed by atoms with Crippen LogP contribution in [-0.4, -0.2) is 11.1 Å². The Morgan fingerprint density at radius 1 is 1.06 bits per heavy atom. The summed E-state index contributed by atoms with van der Waals surface area (Å²) in [7, 11) is 0. The molecule has 0 aliphatic rings. The largest absolute Gasteiger partial charge is 0.872 e. The van der Waals surface area contributed by atoms with E-state index in [4.69, 9.17) is 5.11 Å². The van der Waals surface area contributed by atoms with Gasteiger partial charge in [0.1, 0.15) is 0 Å². The molecule has 0 aliphatic heterocycles. The normalized spacial score (nSPS) is 10.0. The minimum atomic E-state index is -0.995. The number of benzene rings is 2. The first-order valence-electron chi connectivity index (χ1n) is 4.78. The first kappa shape index (κ1) is 10.2. The fraction of sp³-hybridized carbons (Fsp3) is 0. The van der Waals surface area contributed by atoms with Crippen molar-refractivity contribution in [1.82, 2.24) is 0 Å². The van der Waals surface area contributed by atoms with Crippen LogP contribution in [0.25, 0.3) is 11.1 Å². The molecular formula is C13H9O3-.